The number of carbonyl (C=O) groups excluding carboxylic acids is 3. The maximum absolute atomic E-state index is 12.7. The number of halogens is 1. The molecule has 1 aromatic heterocycles. The van der Waals surface area contributed by atoms with Gasteiger partial charge in [0.15, 0.2) is 5.78 Å². The van der Waals surface area contributed by atoms with Crippen LogP contribution in [-0.2, 0) is 0 Å². The Balaban J connectivity index is 1.86. The third kappa shape index (κ3) is 2.02. The number of nitrogens with one attached hydrogen (secondary N) is 1. The Morgan fingerprint density at radius 1 is 0.917 bits per heavy atom. The Morgan fingerprint density at radius 2 is 1.54 bits per heavy atom. The summed E-state index contributed by atoms with van der Waals surface area (Å²) in [6, 6.07) is 12.8. The molecule has 0 unspecified atom stereocenters. The maximum Gasteiger partial charge on any atom is 0.214 e. The van der Waals surface area contributed by atoms with Crippen molar-refractivity contribution in [3.63, 3.8) is 0 Å². The van der Waals surface area contributed by atoms with Crippen LogP contribution in [0.2, 0.25) is 5.02 Å². The number of H-pyrrole nitrogens is 1. The summed E-state index contributed by atoms with van der Waals surface area (Å²) in [4.78, 5) is 37.9. The zero-order valence-electron chi connectivity index (χ0n) is 12.2. The average molecular weight is 337 g/mol. The first-order valence-electron chi connectivity index (χ1n) is 7.15. The number of ketones is 3. The minimum Gasteiger partial charge on any atom is -0.288 e. The van der Waals surface area contributed by atoms with Crippen molar-refractivity contribution in [1.82, 2.24) is 10.2 Å². The van der Waals surface area contributed by atoms with E-state index in [4.69, 9.17) is 11.6 Å². The van der Waals surface area contributed by atoms with Crippen molar-refractivity contribution < 1.29 is 14.4 Å². The molecule has 1 aliphatic rings. The van der Waals surface area contributed by atoms with Crippen LogP contribution in [0.15, 0.2) is 48.5 Å². The van der Waals surface area contributed by atoms with Gasteiger partial charge in [0.2, 0.25) is 11.6 Å². The lowest BCUT2D eigenvalue weighted by atomic mass is 9.86. The summed E-state index contributed by atoms with van der Waals surface area (Å²) in [6.45, 7) is 0. The number of carbonyl (C=O) groups is 3. The summed E-state index contributed by atoms with van der Waals surface area (Å²) in [6.07, 6.45) is 0. The van der Waals surface area contributed by atoms with Crippen molar-refractivity contribution in [2.45, 2.75) is 0 Å². The van der Waals surface area contributed by atoms with Crippen LogP contribution in [0.1, 0.15) is 48.0 Å². The summed E-state index contributed by atoms with van der Waals surface area (Å²) >= 11 is 5.82. The van der Waals surface area contributed by atoms with E-state index >= 15 is 0 Å². The van der Waals surface area contributed by atoms with Crippen LogP contribution in [0.25, 0.3) is 0 Å². The van der Waals surface area contributed by atoms with E-state index in [0.29, 0.717) is 16.1 Å². The summed E-state index contributed by atoms with van der Waals surface area (Å²) in [5.74, 6) is -1.17. The number of hydrogen-bond acceptors (Lipinski definition) is 4. The fraction of sp³-hybridized carbons (Fsp3) is 0. The Kier molecular flexibility index (Phi) is 3.18. The summed E-state index contributed by atoms with van der Waals surface area (Å²) in [5.41, 5.74) is 0.952. The highest BCUT2D eigenvalue weighted by atomic mass is 35.5. The molecule has 6 heteroatoms. The van der Waals surface area contributed by atoms with E-state index in [9.17, 15) is 14.4 Å². The molecule has 0 bridgehead atoms. The van der Waals surface area contributed by atoms with Crippen LogP contribution in [0.4, 0.5) is 0 Å². The minimum atomic E-state index is -0.416. The molecule has 0 radical (unpaired) electrons. The zero-order valence-corrected chi connectivity index (χ0v) is 12.9. The molecule has 1 aliphatic carbocycles. The van der Waals surface area contributed by atoms with Crippen LogP contribution < -0.4 is 0 Å². The number of fused-ring (bicyclic) bond motifs is 2. The van der Waals surface area contributed by atoms with E-state index in [1.54, 1.807) is 48.5 Å². The third-order valence-corrected chi connectivity index (χ3v) is 4.21. The van der Waals surface area contributed by atoms with Crippen molar-refractivity contribution in [2.24, 2.45) is 0 Å². The van der Waals surface area contributed by atoms with E-state index in [1.165, 1.54) is 0 Å². The second-order valence-electron chi connectivity index (χ2n) is 5.36. The van der Waals surface area contributed by atoms with Gasteiger partial charge >= 0.3 is 0 Å². The van der Waals surface area contributed by atoms with Gasteiger partial charge in [-0.2, -0.15) is 5.10 Å². The van der Waals surface area contributed by atoms with E-state index in [1.807, 2.05) is 0 Å². The zero-order chi connectivity index (χ0) is 16.8. The van der Waals surface area contributed by atoms with Crippen LogP contribution in [0.5, 0.6) is 0 Å². The lowest BCUT2D eigenvalue weighted by Crippen LogP contribution is -2.22. The van der Waals surface area contributed by atoms with Gasteiger partial charge in [0, 0.05) is 21.7 Å². The molecule has 0 atom stereocenters. The van der Waals surface area contributed by atoms with Crippen LogP contribution in [0, 0.1) is 0 Å². The molecule has 1 heterocycles. The first-order chi connectivity index (χ1) is 11.6. The summed E-state index contributed by atoms with van der Waals surface area (Å²) in [5, 5.41) is 6.96. The van der Waals surface area contributed by atoms with Gasteiger partial charge in [0.25, 0.3) is 0 Å². The van der Waals surface area contributed by atoms with Gasteiger partial charge in [-0.05, 0) is 24.3 Å². The predicted octanol–water partition coefficient (Wildman–Crippen LogP) is 3.07. The molecule has 116 valence electrons. The topological polar surface area (TPSA) is 79.9 Å². The van der Waals surface area contributed by atoms with E-state index in [-0.39, 0.29) is 34.1 Å². The van der Waals surface area contributed by atoms with Gasteiger partial charge in [-0.25, -0.2) is 0 Å². The van der Waals surface area contributed by atoms with Crippen molar-refractivity contribution in [3.8, 4) is 0 Å². The molecular formula is C18H9ClN2O3. The Morgan fingerprint density at radius 3 is 2.21 bits per heavy atom. The number of aromatic amines is 1. The molecule has 4 rings (SSSR count). The average Bonchev–Trinajstić information content (AvgIpc) is 3.05. The Bertz CT molecular complexity index is 1020. The van der Waals surface area contributed by atoms with E-state index in [0.717, 1.165) is 0 Å². The Hall–Kier alpha value is -3.05. The predicted molar refractivity (Wildman–Crippen MR) is 86.8 cm³/mol. The normalized spacial score (nSPS) is 12.7. The van der Waals surface area contributed by atoms with E-state index < -0.39 is 5.78 Å². The monoisotopic (exact) mass is 336 g/mol. The summed E-state index contributed by atoms with van der Waals surface area (Å²) in [7, 11) is 0. The number of nitrogens with zero attached hydrogens (tertiary/aromatic N) is 1. The highest BCUT2D eigenvalue weighted by Crippen LogP contribution is 2.29. The van der Waals surface area contributed by atoms with Gasteiger partial charge < -0.3 is 0 Å². The molecule has 24 heavy (non-hydrogen) atoms. The lowest BCUT2D eigenvalue weighted by molar-refractivity contribution is 0.0971. The minimum absolute atomic E-state index is 0.0141. The first kappa shape index (κ1) is 14.5. The standard InChI is InChI=1S/C18H9ClN2O3/c19-10-7-5-9(6-8-10)16(22)14-13-15(21-20-14)18(24)12-4-2-1-3-11(12)17(13)23/h1-8H,(H,20,21). The van der Waals surface area contributed by atoms with Gasteiger partial charge in [-0.15, -0.1) is 0 Å². The summed E-state index contributed by atoms with van der Waals surface area (Å²) < 4.78 is 0. The molecule has 5 nitrogen and oxygen atoms in total. The molecular weight excluding hydrogens is 328 g/mol. The number of aromatic nitrogens is 2. The van der Waals surface area contributed by atoms with Gasteiger partial charge in [0.05, 0.1) is 5.56 Å². The molecule has 1 N–H and O–H groups in total. The molecule has 3 aromatic rings. The maximum atomic E-state index is 12.7. The van der Waals surface area contributed by atoms with E-state index in [2.05, 4.69) is 10.2 Å². The van der Waals surface area contributed by atoms with Crippen molar-refractivity contribution in [1.29, 1.82) is 0 Å². The molecule has 0 saturated heterocycles. The van der Waals surface area contributed by atoms with Crippen molar-refractivity contribution in [3.05, 3.63) is 87.2 Å². The SMILES string of the molecule is O=C1c2ccccc2C(=O)c2c1n[nH]c2C(=O)c1ccc(Cl)cc1. The molecule has 0 saturated carbocycles. The second-order valence-corrected chi connectivity index (χ2v) is 5.80. The van der Waals surface area contributed by atoms with Crippen LogP contribution in [0.3, 0.4) is 0 Å². The smallest absolute Gasteiger partial charge is 0.214 e. The molecule has 0 spiro atoms. The second kappa shape index (κ2) is 5.25. The molecule has 2 aromatic carbocycles. The fourth-order valence-corrected chi connectivity index (χ4v) is 2.90. The molecule has 0 fully saturated rings. The number of hydrogen-bond donors (Lipinski definition) is 1. The van der Waals surface area contributed by atoms with Gasteiger partial charge in [-0.3, -0.25) is 19.5 Å². The third-order valence-electron chi connectivity index (χ3n) is 3.96. The van der Waals surface area contributed by atoms with Crippen molar-refractivity contribution in [2.75, 3.05) is 0 Å². The quantitative estimate of drug-likeness (QED) is 0.570. The Labute approximate surface area is 141 Å². The fourth-order valence-electron chi connectivity index (χ4n) is 2.78. The number of benzene rings is 2. The highest BCUT2D eigenvalue weighted by molar-refractivity contribution is 6.32. The van der Waals surface area contributed by atoms with Gasteiger partial charge in [0.1, 0.15) is 11.4 Å². The number of rotatable bonds is 2. The van der Waals surface area contributed by atoms with Crippen LogP contribution in [-0.4, -0.2) is 27.5 Å². The highest BCUT2D eigenvalue weighted by Gasteiger charge is 2.36. The molecule has 0 aliphatic heterocycles. The van der Waals surface area contributed by atoms with Crippen LogP contribution >= 0.6 is 11.6 Å². The lowest BCUT2D eigenvalue weighted by Gasteiger charge is -2.13. The largest absolute Gasteiger partial charge is 0.288 e. The van der Waals surface area contributed by atoms with Gasteiger partial charge in [-0.1, -0.05) is 35.9 Å². The van der Waals surface area contributed by atoms with Crippen molar-refractivity contribution >= 4 is 29.0 Å². The first-order valence-corrected chi connectivity index (χ1v) is 7.53. The molecule has 0 amide bonds.